The van der Waals surface area contributed by atoms with Gasteiger partial charge in [0, 0.05) is 48.4 Å². The Labute approximate surface area is 208 Å². The molecule has 0 radical (unpaired) electrons. The van der Waals surface area contributed by atoms with E-state index in [0.717, 1.165) is 83.5 Å². The maximum Gasteiger partial charge on any atom is 0.252 e. The molecule has 0 spiro atoms. The van der Waals surface area contributed by atoms with E-state index >= 15 is 0 Å². The van der Waals surface area contributed by atoms with Gasteiger partial charge in [0.25, 0.3) is 5.91 Å². The minimum Gasteiger partial charge on any atom is -0.349 e. The number of aromatic nitrogens is 4. The first kappa shape index (κ1) is 22.4. The summed E-state index contributed by atoms with van der Waals surface area (Å²) in [6.07, 6.45) is 4.40. The van der Waals surface area contributed by atoms with E-state index in [9.17, 15) is 4.79 Å². The van der Waals surface area contributed by atoms with Crippen molar-refractivity contribution in [3.05, 3.63) is 64.3 Å². The number of imidazole rings is 1. The summed E-state index contributed by atoms with van der Waals surface area (Å²) in [7, 11) is 2.13. The van der Waals surface area contributed by atoms with Crippen LogP contribution in [0.2, 0.25) is 5.15 Å². The Kier molecular flexibility index (Phi) is 5.88. The molecule has 2 aliphatic rings. The van der Waals surface area contributed by atoms with Crippen molar-refractivity contribution in [2.45, 2.75) is 38.4 Å². The van der Waals surface area contributed by atoms with E-state index in [4.69, 9.17) is 21.6 Å². The molecule has 5 heterocycles. The van der Waals surface area contributed by atoms with E-state index in [0.29, 0.717) is 18.2 Å². The third-order valence-corrected chi connectivity index (χ3v) is 7.47. The second kappa shape index (κ2) is 9.18. The molecule has 8 nitrogen and oxygen atoms in total. The van der Waals surface area contributed by atoms with Gasteiger partial charge in [0.2, 0.25) is 0 Å². The number of H-pyrrole nitrogens is 1. The number of halogens is 1. The molecular weight excluding hydrogens is 462 g/mol. The number of pyridine rings is 2. The zero-order valence-electron chi connectivity index (χ0n) is 19.7. The molecule has 0 saturated carbocycles. The number of nitrogens with one attached hydrogen (secondary N) is 2. The number of nitrogens with zero attached hydrogens (tertiary/aromatic N) is 5. The number of likely N-dealkylation sites (tertiary alicyclic amines) is 1. The fraction of sp³-hybridized carbons (Fsp3) is 0.385. The average molecular weight is 490 g/mol. The Morgan fingerprint density at radius 1 is 1.14 bits per heavy atom. The molecule has 3 aromatic heterocycles. The number of fused-ring (bicyclic) bond motifs is 3. The van der Waals surface area contributed by atoms with E-state index in [1.165, 1.54) is 0 Å². The SMILES string of the molecule is CN1CCC(NC(=O)c2c3c(nc4ccccc24)CCN(Cc2nc4ccnc(Cl)c4[nH]2)C3)CC1. The second-order valence-electron chi connectivity index (χ2n) is 9.62. The number of hydrogen-bond donors (Lipinski definition) is 2. The van der Waals surface area contributed by atoms with Crippen LogP contribution in [-0.4, -0.2) is 68.4 Å². The van der Waals surface area contributed by atoms with E-state index < -0.39 is 0 Å². The van der Waals surface area contributed by atoms with Gasteiger partial charge in [0.15, 0.2) is 5.15 Å². The summed E-state index contributed by atoms with van der Waals surface area (Å²) >= 11 is 6.23. The zero-order valence-corrected chi connectivity index (χ0v) is 20.5. The summed E-state index contributed by atoms with van der Waals surface area (Å²) in [6, 6.07) is 10.0. The molecule has 2 aliphatic heterocycles. The number of para-hydroxylation sites is 1. The Balaban J connectivity index is 1.31. The third-order valence-electron chi connectivity index (χ3n) is 7.19. The molecular formula is C26H28ClN7O. The molecule has 0 bridgehead atoms. The highest BCUT2D eigenvalue weighted by atomic mass is 35.5. The summed E-state index contributed by atoms with van der Waals surface area (Å²) in [5, 5.41) is 4.68. The van der Waals surface area contributed by atoms with Crippen molar-refractivity contribution in [3.8, 4) is 0 Å². The standard InChI is InChI=1S/C26H28ClN7O/c1-33-11-7-16(8-12-33)29-26(35)23-17-4-2-3-5-19(17)30-20-9-13-34(14-18(20)23)15-22-31-21-6-10-28-25(27)24(21)32-22/h2-6,10,16H,7-9,11-15H2,1H3,(H,29,35)(H,31,32). The van der Waals surface area contributed by atoms with Crippen LogP contribution in [0.5, 0.6) is 0 Å². The van der Waals surface area contributed by atoms with Gasteiger partial charge in [-0.1, -0.05) is 29.8 Å². The number of carbonyl (C=O) groups is 1. The minimum atomic E-state index is 0.0119. The van der Waals surface area contributed by atoms with Crippen LogP contribution in [0.15, 0.2) is 36.5 Å². The summed E-state index contributed by atoms with van der Waals surface area (Å²) < 4.78 is 0. The van der Waals surface area contributed by atoms with Crippen LogP contribution in [-0.2, 0) is 19.5 Å². The Hall–Kier alpha value is -3.07. The molecule has 0 atom stereocenters. The number of carbonyl (C=O) groups excluding carboxylic acids is 1. The van der Waals surface area contributed by atoms with E-state index in [1.807, 2.05) is 30.3 Å². The predicted octanol–water partition coefficient (Wildman–Crippen LogP) is 3.54. The van der Waals surface area contributed by atoms with Gasteiger partial charge < -0.3 is 15.2 Å². The summed E-state index contributed by atoms with van der Waals surface area (Å²) in [5.74, 6) is 0.849. The van der Waals surface area contributed by atoms with Crippen molar-refractivity contribution >= 4 is 39.4 Å². The highest BCUT2D eigenvalue weighted by Gasteiger charge is 2.28. The highest BCUT2D eigenvalue weighted by Crippen LogP contribution is 2.29. The first-order valence-electron chi connectivity index (χ1n) is 12.2. The lowest BCUT2D eigenvalue weighted by Crippen LogP contribution is -2.44. The maximum absolute atomic E-state index is 13.7. The van der Waals surface area contributed by atoms with E-state index in [2.05, 4.69) is 32.1 Å². The number of amides is 1. The lowest BCUT2D eigenvalue weighted by Gasteiger charge is -2.31. The lowest BCUT2D eigenvalue weighted by atomic mass is 9.94. The number of benzene rings is 1. The van der Waals surface area contributed by atoms with Crippen molar-refractivity contribution in [2.75, 3.05) is 26.7 Å². The molecule has 0 aliphatic carbocycles. The lowest BCUT2D eigenvalue weighted by molar-refractivity contribution is 0.0915. The topological polar surface area (TPSA) is 90.0 Å². The fourth-order valence-corrected chi connectivity index (χ4v) is 5.49. The Morgan fingerprint density at radius 2 is 1.97 bits per heavy atom. The van der Waals surface area contributed by atoms with E-state index in [1.54, 1.807) is 6.20 Å². The number of hydrogen-bond acceptors (Lipinski definition) is 6. The van der Waals surface area contributed by atoms with Gasteiger partial charge in [-0.25, -0.2) is 9.97 Å². The summed E-state index contributed by atoms with van der Waals surface area (Å²) in [6.45, 7) is 4.13. The molecule has 35 heavy (non-hydrogen) atoms. The van der Waals surface area contributed by atoms with Gasteiger partial charge >= 0.3 is 0 Å². The fourth-order valence-electron chi connectivity index (χ4n) is 5.29. The van der Waals surface area contributed by atoms with Crippen molar-refractivity contribution in [3.63, 3.8) is 0 Å². The van der Waals surface area contributed by atoms with Gasteiger partial charge in [0.05, 0.1) is 23.1 Å². The normalized spacial score (nSPS) is 17.7. The first-order valence-corrected chi connectivity index (χ1v) is 12.5. The molecule has 1 amide bonds. The van der Waals surface area contributed by atoms with Crippen molar-refractivity contribution < 1.29 is 4.79 Å². The third kappa shape index (κ3) is 4.37. The molecule has 180 valence electrons. The highest BCUT2D eigenvalue weighted by molar-refractivity contribution is 6.33. The molecule has 9 heteroatoms. The van der Waals surface area contributed by atoms with Crippen LogP contribution in [0.1, 0.15) is 40.3 Å². The molecule has 1 fully saturated rings. The monoisotopic (exact) mass is 489 g/mol. The molecule has 6 rings (SSSR count). The number of piperidine rings is 1. The second-order valence-corrected chi connectivity index (χ2v) is 9.98. The summed E-state index contributed by atoms with van der Waals surface area (Å²) in [4.78, 5) is 35.4. The molecule has 1 aromatic carbocycles. The largest absolute Gasteiger partial charge is 0.349 e. The van der Waals surface area contributed by atoms with Crippen molar-refractivity contribution in [2.24, 2.45) is 0 Å². The minimum absolute atomic E-state index is 0.0119. The van der Waals surface area contributed by atoms with Gasteiger partial charge in [-0.3, -0.25) is 14.7 Å². The molecule has 0 unspecified atom stereocenters. The smallest absolute Gasteiger partial charge is 0.252 e. The predicted molar refractivity (Wildman–Crippen MR) is 136 cm³/mol. The van der Waals surface area contributed by atoms with Gasteiger partial charge in [0.1, 0.15) is 11.3 Å². The Bertz CT molecular complexity index is 1410. The molecule has 4 aromatic rings. The molecule has 2 N–H and O–H groups in total. The van der Waals surface area contributed by atoms with Crippen LogP contribution in [0, 0.1) is 0 Å². The quantitative estimate of drug-likeness (QED) is 0.426. The first-order chi connectivity index (χ1) is 17.0. The van der Waals surface area contributed by atoms with Crippen molar-refractivity contribution in [1.29, 1.82) is 0 Å². The van der Waals surface area contributed by atoms with Gasteiger partial charge in [-0.05, 0) is 45.1 Å². The average Bonchev–Trinajstić information content (AvgIpc) is 3.28. The van der Waals surface area contributed by atoms with Crippen LogP contribution < -0.4 is 5.32 Å². The zero-order chi connectivity index (χ0) is 23.9. The van der Waals surface area contributed by atoms with Crippen LogP contribution >= 0.6 is 11.6 Å². The van der Waals surface area contributed by atoms with Gasteiger partial charge in [-0.15, -0.1) is 0 Å². The van der Waals surface area contributed by atoms with Gasteiger partial charge in [-0.2, -0.15) is 0 Å². The number of rotatable bonds is 4. The maximum atomic E-state index is 13.7. The number of aromatic amines is 1. The molecule has 1 saturated heterocycles. The summed E-state index contributed by atoms with van der Waals surface area (Å²) in [5.41, 5.74) is 5.26. The van der Waals surface area contributed by atoms with Crippen molar-refractivity contribution in [1.82, 2.24) is 35.1 Å². The van der Waals surface area contributed by atoms with Crippen LogP contribution in [0.25, 0.3) is 21.9 Å². The Morgan fingerprint density at radius 3 is 2.80 bits per heavy atom. The van der Waals surface area contributed by atoms with E-state index in [-0.39, 0.29) is 11.9 Å². The van der Waals surface area contributed by atoms with Crippen LogP contribution in [0.3, 0.4) is 0 Å². The van der Waals surface area contributed by atoms with Crippen LogP contribution in [0.4, 0.5) is 0 Å².